The number of aromatic nitrogens is 2. The van der Waals surface area contributed by atoms with Crippen molar-refractivity contribution in [3.8, 4) is 17.2 Å². The number of nitrogens with zero attached hydrogens (tertiary/aromatic N) is 3. The van der Waals surface area contributed by atoms with E-state index in [0.717, 1.165) is 38.5 Å². The summed E-state index contributed by atoms with van der Waals surface area (Å²) in [5, 5.41) is 19.2. The van der Waals surface area contributed by atoms with E-state index in [1.165, 1.54) is 18.5 Å². The third kappa shape index (κ3) is 5.99. The van der Waals surface area contributed by atoms with Crippen molar-refractivity contribution >= 4 is 11.5 Å². The summed E-state index contributed by atoms with van der Waals surface area (Å²) in [7, 11) is 1.71. The Labute approximate surface area is 199 Å². The third-order valence-corrected chi connectivity index (χ3v) is 6.73. The Bertz CT molecular complexity index is 1030. The van der Waals surface area contributed by atoms with Gasteiger partial charge in [0.15, 0.2) is 0 Å². The maximum atomic E-state index is 14.6. The highest BCUT2D eigenvalue weighted by Gasteiger charge is 2.43. The van der Waals surface area contributed by atoms with Crippen molar-refractivity contribution in [2.45, 2.75) is 63.6 Å². The zero-order valence-electron chi connectivity index (χ0n) is 19.7. The molecule has 4 rings (SSSR count). The standard InChI is InChI=1S/C25H32F2N6O/c1-16(13-34-2)32-18-3-5-19(6-4-18)33-23-10-20(21(26)12-29-23)17-9-22(24(27)30-11-17)31-15-25(14-28)7-8-25/h9-12,16,18-19,31-32H,3-8,13,15H2,1-2H3,(H,29,33). The maximum absolute atomic E-state index is 14.6. The van der Waals surface area contributed by atoms with Gasteiger partial charge in [0.25, 0.3) is 0 Å². The van der Waals surface area contributed by atoms with Crippen molar-refractivity contribution in [2.75, 3.05) is 30.9 Å². The van der Waals surface area contributed by atoms with Crippen LogP contribution in [0, 0.1) is 28.5 Å². The summed E-state index contributed by atoms with van der Waals surface area (Å²) in [5.74, 6) is -0.586. The first-order valence-corrected chi connectivity index (χ1v) is 11.9. The highest BCUT2D eigenvalue weighted by Crippen LogP contribution is 2.45. The molecule has 2 aromatic rings. The summed E-state index contributed by atoms with van der Waals surface area (Å²) >= 11 is 0. The fourth-order valence-corrected chi connectivity index (χ4v) is 4.52. The Hall–Kier alpha value is -2.83. The van der Waals surface area contributed by atoms with Crippen LogP contribution in [0.15, 0.2) is 24.5 Å². The molecule has 0 spiro atoms. The molecule has 2 aromatic heterocycles. The molecule has 0 radical (unpaired) electrons. The minimum absolute atomic E-state index is 0.165. The lowest BCUT2D eigenvalue weighted by molar-refractivity contribution is 0.161. The quantitative estimate of drug-likeness (QED) is 0.441. The number of nitrogens with one attached hydrogen (secondary N) is 3. The number of hydrogen-bond acceptors (Lipinski definition) is 7. The number of ether oxygens (including phenoxy) is 1. The van der Waals surface area contributed by atoms with Crippen LogP contribution in [0.5, 0.6) is 0 Å². The number of halogens is 2. The molecule has 1 unspecified atom stereocenters. The summed E-state index contributed by atoms with van der Waals surface area (Å²) < 4.78 is 34.1. The minimum Gasteiger partial charge on any atom is -0.383 e. The van der Waals surface area contributed by atoms with Crippen LogP contribution in [0.1, 0.15) is 45.4 Å². The van der Waals surface area contributed by atoms with Gasteiger partial charge in [-0.05, 0) is 57.6 Å². The van der Waals surface area contributed by atoms with Crippen molar-refractivity contribution in [1.29, 1.82) is 5.26 Å². The van der Waals surface area contributed by atoms with Crippen LogP contribution in [0.2, 0.25) is 0 Å². The fourth-order valence-electron chi connectivity index (χ4n) is 4.52. The van der Waals surface area contributed by atoms with Gasteiger partial charge in [0.2, 0.25) is 5.95 Å². The van der Waals surface area contributed by atoms with Gasteiger partial charge >= 0.3 is 0 Å². The number of rotatable bonds is 10. The van der Waals surface area contributed by atoms with Gasteiger partial charge in [0, 0.05) is 49.1 Å². The zero-order chi connectivity index (χ0) is 24.1. The van der Waals surface area contributed by atoms with Crippen molar-refractivity contribution in [3.63, 3.8) is 0 Å². The molecular weight excluding hydrogens is 438 g/mol. The van der Waals surface area contributed by atoms with Gasteiger partial charge in [-0.25, -0.2) is 14.4 Å². The van der Waals surface area contributed by atoms with E-state index in [4.69, 9.17) is 4.74 Å². The van der Waals surface area contributed by atoms with E-state index in [0.29, 0.717) is 42.2 Å². The Morgan fingerprint density at radius 2 is 1.88 bits per heavy atom. The Kier molecular flexibility index (Phi) is 7.59. The fraction of sp³-hybridized carbons (Fsp3) is 0.560. The van der Waals surface area contributed by atoms with E-state index in [2.05, 4.69) is 38.9 Å². The molecule has 34 heavy (non-hydrogen) atoms. The molecule has 0 amide bonds. The summed E-state index contributed by atoms with van der Waals surface area (Å²) in [6.07, 6.45) is 8.15. The largest absolute Gasteiger partial charge is 0.383 e. The smallest absolute Gasteiger partial charge is 0.236 e. The van der Waals surface area contributed by atoms with Gasteiger partial charge in [-0.1, -0.05) is 0 Å². The van der Waals surface area contributed by atoms with Crippen molar-refractivity contribution in [3.05, 3.63) is 36.3 Å². The second kappa shape index (κ2) is 10.6. The van der Waals surface area contributed by atoms with E-state index < -0.39 is 17.2 Å². The summed E-state index contributed by atoms with van der Waals surface area (Å²) in [5.41, 5.74) is 0.489. The monoisotopic (exact) mass is 470 g/mol. The summed E-state index contributed by atoms with van der Waals surface area (Å²) in [6, 6.07) is 6.50. The van der Waals surface area contributed by atoms with Crippen molar-refractivity contribution in [2.24, 2.45) is 5.41 Å². The molecular formula is C25H32F2N6O. The molecule has 0 saturated heterocycles. The third-order valence-electron chi connectivity index (χ3n) is 6.73. The van der Waals surface area contributed by atoms with Crippen LogP contribution in [-0.4, -0.2) is 48.4 Å². The number of pyridine rings is 2. The zero-order valence-corrected chi connectivity index (χ0v) is 19.7. The number of hydrogen-bond donors (Lipinski definition) is 3. The molecule has 2 aliphatic carbocycles. The first kappa shape index (κ1) is 24.3. The number of methoxy groups -OCH3 is 1. The van der Waals surface area contributed by atoms with E-state index in [-0.39, 0.29) is 11.7 Å². The molecule has 2 heterocycles. The molecule has 2 fully saturated rings. The Balaban J connectivity index is 1.40. The van der Waals surface area contributed by atoms with Crippen LogP contribution in [0.25, 0.3) is 11.1 Å². The first-order valence-electron chi connectivity index (χ1n) is 11.9. The highest BCUT2D eigenvalue weighted by atomic mass is 19.1. The van der Waals surface area contributed by atoms with E-state index in [9.17, 15) is 14.0 Å². The molecule has 9 heteroatoms. The van der Waals surface area contributed by atoms with Crippen molar-refractivity contribution in [1.82, 2.24) is 15.3 Å². The number of nitriles is 1. The lowest BCUT2D eigenvalue weighted by atomic mass is 9.90. The average Bonchev–Trinajstić information content (AvgIpc) is 3.62. The van der Waals surface area contributed by atoms with Gasteiger partial charge in [0.1, 0.15) is 11.6 Å². The molecule has 3 N–H and O–H groups in total. The molecule has 0 aromatic carbocycles. The van der Waals surface area contributed by atoms with E-state index in [1.807, 2.05) is 0 Å². The molecule has 0 bridgehead atoms. The molecule has 2 saturated carbocycles. The highest BCUT2D eigenvalue weighted by molar-refractivity contribution is 5.69. The second-order valence-electron chi connectivity index (χ2n) is 9.57. The molecule has 2 aliphatic rings. The normalized spacial score (nSPS) is 22.0. The van der Waals surface area contributed by atoms with Crippen LogP contribution < -0.4 is 16.0 Å². The predicted molar refractivity (Wildman–Crippen MR) is 127 cm³/mol. The van der Waals surface area contributed by atoms with Gasteiger partial charge in [-0.3, -0.25) is 0 Å². The van der Waals surface area contributed by atoms with Crippen LogP contribution in [0.4, 0.5) is 20.3 Å². The van der Waals surface area contributed by atoms with Gasteiger partial charge < -0.3 is 20.7 Å². The Morgan fingerprint density at radius 1 is 1.15 bits per heavy atom. The average molecular weight is 471 g/mol. The SMILES string of the molecule is COCC(C)NC1CCC(Nc2cc(-c3cnc(F)c(NCC4(C#N)CC4)c3)c(F)cn2)CC1. The van der Waals surface area contributed by atoms with E-state index >= 15 is 0 Å². The topological polar surface area (TPSA) is 94.9 Å². The van der Waals surface area contributed by atoms with Gasteiger partial charge in [-0.2, -0.15) is 9.65 Å². The summed E-state index contributed by atoms with van der Waals surface area (Å²) in [6.45, 7) is 3.16. The number of anilines is 2. The molecule has 0 aliphatic heterocycles. The first-order chi connectivity index (χ1) is 16.4. The van der Waals surface area contributed by atoms with Crippen LogP contribution in [-0.2, 0) is 4.74 Å². The van der Waals surface area contributed by atoms with Crippen molar-refractivity contribution < 1.29 is 13.5 Å². The lowest BCUT2D eigenvalue weighted by Gasteiger charge is -2.31. The summed E-state index contributed by atoms with van der Waals surface area (Å²) in [4.78, 5) is 8.01. The van der Waals surface area contributed by atoms with Gasteiger partial charge in [0.05, 0.1) is 30.0 Å². The lowest BCUT2D eigenvalue weighted by Crippen LogP contribution is -2.42. The molecule has 1 atom stereocenters. The Morgan fingerprint density at radius 3 is 2.56 bits per heavy atom. The minimum atomic E-state index is -0.671. The van der Waals surface area contributed by atoms with Gasteiger partial charge in [-0.15, -0.1) is 0 Å². The predicted octanol–water partition coefficient (Wildman–Crippen LogP) is 4.49. The van der Waals surface area contributed by atoms with Crippen LogP contribution in [0.3, 0.4) is 0 Å². The second-order valence-corrected chi connectivity index (χ2v) is 9.57. The molecule has 7 nitrogen and oxygen atoms in total. The van der Waals surface area contributed by atoms with Crippen LogP contribution >= 0.6 is 0 Å². The van der Waals surface area contributed by atoms with E-state index in [1.54, 1.807) is 13.2 Å². The maximum Gasteiger partial charge on any atom is 0.236 e. The molecule has 182 valence electrons.